The van der Waals surface area contributed by atoms with Crippen molar-refractivity contribution in [2.24, 2.45) is 0 Å². The van der Waals surface area contributed by atoms with Gasteiger partial charge >= 0.3 is 5.97 Å². The maximum absolute atomic E-state index is 12.8. The van der Waals surface area contributed by atoms with Crippen LogP contribution < -0.4 is 10.1 Å². The minimum absolute atomic E-state index is 0.300. The van der Waals surface area contributed by atoms with Crippen LogP contribution in [0, 0.1) is 5.82 Å². The maximum Gasteiger partial charge on any atom is 0.339 e. The van der Waals surface area contributed by atoms with E-state index in [0.717, 1.165) is 5.56 Å². The molecule has 0 aliphatic heterocycles. The van der Waals surface area contributed by atoms with Crippen molar-refractivity contribution in [1.82, 2.24) is 5.32 Å². The number of nitrogens with one attached hydrogen (secondary N) is 1. The van der Waals surface area contributed by atoms with Gasteiger partial charge in [0.1, 0.15) is 11.6 Å². The van der Waals surface area contributed by atoms with E-state index in [9.17, 15) is 14.0 Å². The molecule has 2 rings (SSSR count). The molecule has 1 N–H and O–H groups in total. The third-order valence-corrected chi connectivity index (χ3v) is 3.58. The molecule has 5 nitrogen and oxygen atoms in total. The lowest BCUT2D eigenvalue weighted by Gasteiger charge is -2.14. The van der Waals surface area contributed by atoms with Crippen molar-refractivity contribution in [1.29, 1.82) is 0 Å². The highest BCUT2D eigenvalue weighted by molar-refractivity contribution is 5.92. The zero-order valence-corrected chi connectivity index (χ0v) is 14.1. The van der Waals surface area contributed by atoms with Gasteiger partial charge in [-0.1, -0.05) is 18.2 Å². The average Bonchev–Trinajstić information content (AvgIpc) is 2.63. The van der Waals surface area contributed by atoms with Crippen molar-refractivity contribution in [3.05, 3.63) is 65.5 Å². The molecule has 6 heteroatoms. The first-order valence-electron chi connectivity index (χ1n) is 7.87. The van der Waals surface area contributed by atoms with Gasteiger partial charge < -0.3 is 14.8 Å². The Bertz CT molecular complexity index is 730. The standard InChI is InChI=1S/C19H20FNO4/c1-13(25-19(23)15-4-3-5-17(12-15)24-2)18(22)21-11-10-14-6-8-16(20)9-7-14/h3-9,12-13H,10-11H2,1-2H3,(H,21,22)/t13-/m1/s1. The molecule has 2 aromatic carbocycles. The molecule has 1 amide bonds. The third-order valence-electron chi connectivity index (χ3n) is 3.58. The number of hydrogen-bond donors (Lipinski definition) is 1. The SMILES string of the molecule is COc1cccc(C(=O)O[C@H](C)C(=O)NCCc2ccc(F)cc2)c1. The molecule has 0 aliphatic rings. The Morgan fingerprint density at radius 3 is 2.56 bits per heavy atom. The van der Waals surface area contributed by atoms with Crippen LogP contribution in [0.25, 0.3) is 0 Å². The Hall–Kier alpha value is -2.89. The Kier molecular flexibility index (Phi) is 6.51. The number of amides is 1. The largest absolute Gasteiger partial charge is 0.497 e. The van der Waals surface area contributed by atoms with Gasteiger partial charge in [-0.15, -0.1) is 0 Å². The topological polar surface area (TPSA) is 64.6 Å². The van der Waals surface area contributed by atoms with Gasteiger partial charge in [-0.05, 0) is 49.2 Å². The molecule has 132 valence electrons. The monoisotopic (exact) mass is 345 g/mol. The van der Waals surface area contributed by atoms with Gasteiger partial charge in [-0.25, -0.2) is 9.18 Å². The van der Waals surface area contributed by atoms with Crippen LogP contribution in [0.15, 0.2) is 48.5 Å². The van der Waals surface area contributed by atoms with Crippen LogP contribution in [0.2, 0.25) is 0 Å². The number of hydrogen-bond acceptors (Lipinski definition) is 4. The highest BCUT2D eigenvalue weighted by atomic mass is 19.1. The number of carbonyl (C=O) groups excluding carboxylic acids is 2. The highest BCUT2D eigenvalue weighted by Gasteiger charge is 2.18. The number of ether oxygens (including phenoxy) is 2. The Morgan fingerprint density at radius 2 is 1.88 bits per heavy atom. The minimum atomic E-state index is -0.924. The number of esters is 1. The molecule has 0 saturated heterocycles. The van der Waals surface area contributed by atoms with E-state index in [0.29, 0.717) is 24.3 Å². The van der Waals surface area contributed by atoms with Crippen LogP contribution in [0.5, 0.6) is 5.75 Å². The van der Waals surface area contributed by atoms with E-state index in [2.05, 4.69) is 5.32 Å². The van der Waals surface area contributed by atoms with Crippen molar-refractivity contribution in [3.8, 4) is 5.75 Å². The van der Waals surface area contributed by atoms with Crippen molar-refractivity contribution in [2.45, 2.75) is 19.4 Å². The van der Waals surface area contributed by atoms with Crippen molar-refractivity contribution in [2.75, 3.05) is 13.7 Å². The molecule has 2 aromatic rings. The molecule has 25 heavy (non-hydrogen) atoms. The molecule has 0 radical (unpaired) electrons. The summed E-state index contributed by atoms with van der Waals surface area (Å²) in [4.78, 5) is 24.1. The quantitative estimate of drug-likeness (QED) is 0.784. The van der Waals surface area contributed by atoms with E-state index in [1.807, 2.05) is 0 Å². The van der Waals surface area contributed by atoms with E-state index in [-0.39, 0.29) is 5.82 Å². The van der Waals surface area contributed by atoms with Crippen LogP contribution >= 0.6 is 0 Å². The lowest BCUT2D eigenvalue weighted by atomic mass is 10.1. The molecule has 0 unspecified atom stereocenters. The molecular weight excluding hydrogens is 325 g/mol. The lowest BCUT2D eigenvalue weighted by Crippen LogP contribution is -2.36. The molecule has 0 aromatic heterocycles. The Morgan fingerprint density at radius 1 is 1.16 bits per heavy atom. The molecule has 1 atom stereocenters. The number of rotatable bonds is 7. The van der Waals surface area contributed by atoms with Gasteiger partial charge in [0.05, 0.1) is 12.7 Å². The summed E-state index contributed by atoms with van der Waals surface area (Å²) >= 11 is 0. The second-order valence-corrected chi connectivity index (χ2v) is 5.45. The fourth-order valence-corrected chi connectivity index (χ4v) is 2.16. The predicted molar refractivity (Wildman–Crippen MR) is 91.0 cm³/mol. The van der Waals surface area contributed by atoms with Gasteiger partial charge in [0, 0.05) is 6.54 Å². The van der Waals surface area contributed by atoms with E-state index in [4.69, 9.17) is 9.47 Å². The van der Waals surface area contributed by atoms with Gasteiger partial charge in [0.15, 0.2) is 6.10 Å². The van der Waals surface area contributed by atoms with E-state index < -0.39 is 18.0 Å². The maximum atomic E-state index is 12.8. The summed E-state index contributed by atoms with van der Waals surface area (Å²) in [6, 6.07) is 12.6. The number of methoxy groups -OCH3 is 1. The third kappa shape index (κ3) is 5.60. The molecule has 0 saturated carbocycles. The van der Waals surface area contributed by atoms with Gasteiger partial charge in [0.2, 0.25) is 0 Å². The fraction of sp³-hybridized carbons (Fsp3) is 0.263. The average molecular weight is 345 g/mol. The minimum Gasteiger partial charge on any atom is -0.497 e. The zero-order valence-electron chi connectivity index (χ0n) is 14.1. The van der Waals surface area contributed by atoms with Crippen LogP contribution in [0.4, 0.5) is 4.39 Å². The summed E-state index contributed by atoms with van der Waals surface area (Å²) in [7, 11) is 1.50. The van der Waals surface area contributed by atoms with Crippen molar-refractivity contribution < 1.29 is 23.5 Å². The normalized spacial score (nSPS) is 11.5. The predicted octanol–water partition coefficient (Wildman–Crippen LogP) is 2.74. The fourth-order valence-electron chi connectivity index (χ4n) is 2.16. The van der Waals surface area contributed by atoms with Gasteiger partial charge in [0.25, 0.3) is 5.91 Å². The van der Waals surface area contributed by atoms with Crippen LogP contribution in [-0.4, -0.2) is 31.6 Å². The zero-order chi connectivity index (χ0) is 18.2. The molecule has 0 bridgehead atoms. The smallest absolute Gasteiger partial charge is 0.339 e. The summed E-state index contributed by atoms with van der Waals surface area (Å²) in [5, 5.41) is 2.69. The highest BCUT2D eigenvalue weighted by Crippen LogP contribution is 2.14. The summed E-state index contributed by atoms with van der Waals surface area (Å²) < 4.78 is 23.0. The molecule has 0 heterocycles. The number of halogens is 1. The molecule has 0 spiro atoms. The molecule has 0 fully saturated rings. The van der Waals surface area contributed by atoms with E-state index in [1.165, 1.54) is 26.2 Å². The Balaban J connectivity index is 1.80. The van der Waals surface area contributed by atoms with Crippen molar-refractivity contribution >= 4 is 11.9 Å². The molecule has 0 aliphatic carbocycles. The summed E-state index contributed by atoms with van der Waals surface area (Å²) in [5.41, 5.74) is 1.22. The number of benzene rings is 2. The van der Waals surface area contributed by atoms with Crippen LogP contribution in [-0.2, 0) is 16.0 Å². The van der Waals surface area contributed by atoms with E-state index in [1.54, 1.807) is 36.4 Å². The van der Waals surface area contributed by atoms with E-state index >= 15 is 0 Å². The summed E-state index contributed by atoms with van der Waals surface area (Å²) in [6.45, 7) is 1.87. The Labute approximate surface area is 145 Å². The first-order chi connectivity index (χ1) is 12.0. The first kappa shape index (κ1) is 18.4. The summed E-state index contributed by atoms with van der Waals surface area (Å²) in [6.07, 6.45) is -0.366. The first-order valence-corrected chi connectivity index (χ1v) is 7.87. The molecular formula is C19H20FNO4. The second kappa shape index (κ2) is 8.82. The van der Waals surface area contributed by atoms with Crippen molar-refractivity contribution in [3.63, 3.8) is 0 Å². The lowest BCUT2D eigenvalue weighted by molar-refractivity contribution is -0.129. The second-order valence-electron chi connectivity index (χ2n) is 5.45. The van der Waals surface area contributed by atoms with Crippen LogP contribution in [0.1, 0.15) is 22.8 Å². The summed E-state index contributed by atoms with van der Waals surface area (Å²) in [5.74, 6) is -0.754. The van der Waals surface area contributed by atoms with Gasteiger partial charge in [-0.3, -0.25) is 4.79 Å². The number of carbonyl (C=O) groups is 2. The van der Waals surface area contributed by atoms with Crippen LogP contribution in [0.3, 0.4) is 0 Å². The van der Waals surface area contributed by atoms with Gasteiger partial charge in [-0.2, -0.15) is 0 Å².